The highest BCUT2D eigenvalue weighted by atomic mass is 16.6. The summed E-state index contributed by atoms with van der Waals surface area (Å²) in [4.78, 5) is 27.4. The SMILES string of the molecule is CONC1=Nc2ccc(-c3ccccc3OC)cc2CN1Cc1cccc(C(=O)N(C)C2CCCCC2)c1. The summed E-state index contributed by atoms with van der Waals surface area (Å²) in [6.07, 6.45) is 5.86. The summed E-state index contributed by atoms with van der Waals surface area (Å²) in [5.41, 5.74) is 8.85. The quantitative estimate of drug-likeness (QED) is 0.398. The number of ether oxygens (including phenoxy) is 1. The number of hydroxylamine groups is 1. The van der Waals surface area contributed by atoms with Crippen LogP contribution in [0.1, 0.15) is 53.6 Å². The zero-order chi connectivity index (χ0) is 26.5. The predicted molar refractivity (Wildman–Crippen MR) is 150 cm³/mol. The molecule has 0 aromatic heterocycles. The van der Waals surface area contributed by atoms with Gasteiger partial charge in [-0.15, -0.1) is 0 Å². The van der Waals surface area contributed by atoms with Gasteiger partial charge in [-0.2, -0.15) is 0 Å². The zero-order valence-electron chi connectivity index (χ0n) is 22.4. The minimum absolute atomic E-state index is 0.0908. The van der Waals surface area contributed by atoms with Crippen molar-refractivity contribution in [3.63, 3.8) is 0 Å². The smallest absolute Gasteiger partial charge is 0.253 e. The lowest BCUT2D eigenvalue weighted by molar-refractivity contribution is 0.0696. The predicted octanol–water partition coefficient (Wildman–Crippen LogP) is 5.92. The van der Waals surface area contributed by atoms with Crippen LogP contribution in [0.2, 0.25) is 0 Å². The second-order valence-electron chi connectivity index (χ2n) is 10.0. The topological polar surface area (TPSA) is 66.4 Å². The van der Waals surface area contributed by atoms with Crippen LogP contribution in [0, 0.1) is 0 Å². The number of para-hydroxylation sites is 1. The molecule has 0 atom stereocenters. The Morgan fingerprint density at radius 1 is 1.03 bits per heavy atom. The van der Waals surface area contributed by atoms with Gasteiger partial charge in [0.1, 0.15) is 5.75 Å². The van der Waals surface area contributed by atoms with Gasteiger partial charge in [0.15, 0.2) is 0 Å². The summed E-state index contributed by atoms with van der Waals surface area (Å²) in [5.74, 6) is 1.57. The van der Waals surface area contributed by atoms with E-state index in [2.05, 4.69) is 34.6 Å². The molecule has 7 nitrogen and oxygen atoms in total. The lowest BCUT2D eigenvalue weighted by Gasteiger charge is -2.32. The van der Waals surface area contributed by atoms with Gasteiger partial charge in [-0.1, -0.05) is 55.7 Å². The average Bonchev–Trinajstić information content (AvgIpc) is 2.97. The maximum absolute atomic E-state index is 13.3. The summed E-state index contributed by atoms with van der Waals surface area (Å²) in [7, 11) is 5.22. The Bertz CT molecular complexity index is 1320. The van der Waals surface area contributed by atoms with Crippen LogP contribution < -0.4 is 10.2 Å². The number of guanidine groups is 1. The first-order chi connectivity index (χ1) is 18.6. The van der Waals surface area contributed by atoms with E-state index >= 15 is 0 Å². The first-order valence-corrected chi connectivity index (χ1v) is 13.3. The zero-order valence-corrected chi connectivity index (χ0v) is 22.4. The standard InChI is InChI=1S/C31H36N4O3/c1-34(26-12-5-4-6-13-26)30(36)24-11-9-10-22(18-24)20-35-21-25-19-23(27-14-7-8-15-29(27)37-2)16-17-28(25)32-31(35)33-38-3/h7-11,14-19,26H,4-6,12-13,20-21H2,1-3H3,(H,32,33). The van der Waals surface area contributed by atoms with E-state index in [1.165, 1.54) is 19.3 Å². The summed E-state index contributed by atoms with van der Waals surface area (Å²) in [6.45, 7) is 1.23. The summed E-state index contributed by atoms with van der Waals surface area (Å²) >= 11 is 0. The molecule has 3 aromatic carbocycles. The average molecular weight is 513 g/mol. The second kappa shape index (κ2) is 11.7. The molecule has 1 amide bonds. The number of carbonyl (C=O) groups is 1. The Kier molecular flexibility index (Phi) is 7.94. The third-order valence-electron chi connectivity index (χ3n) is 7.57. The van der Waals surface area contributed by atoms with Gasteiger partial charge in [0, 0.05) is 37.3 Å². The Balaban J connectivity index is 1.38. The molecule has 1 aliphatic heterocycles. The van der Waals surface area contributed by atoms with Gasteiger partial charge in [0.2, 0.25) is 5.96 Å². The molecule has 0 spiro atoms. The van der Waals surface area contributed by atoms with Crippen molar-refractivity contribution < 1.29 is 14.4 Å². The molecule has 1 aliphatic carbocycles. The number of benzene rings is 3. The molecule has 3 aromatic rings. The van der Waals surface area contributed by atoms with E-state index in [1.807, 2.05) is 54.4 Å². The summed E-state index contributed by atoms with van der Waals surface area (Å²) in [6, 6.07) is 22.6. The highest BCUT2D eigenvalue weighted by molar-refractivity contribution is 5.94. The summed E-state index contributed by atoms with van der Waals surface area (Å²) in [5, 5.41) is 0. The van der Waals surface area contributed by atoms with E-state index in [-0.39, 0.29) is 5.91 Å². The Labute approximate surface area is 225 Å². The summed E-state index contributed by atoms with van der Waals surface area (Å²) < 4.78 is 5.58. The molecule has 7 heteroatoms. The number of nitrogens with zero attached hydrogens (tertiary/aromatic N) is 3. The molecule has 2 aliphatic rings. The molecule has 0 saturated heterocycles. The first kappa shape index (κ1) is 25.8. The van der Waals surface area contributed by atoms with Crippen molar-refractivity contribution in [1.29, 1.82) is 0 Å². The van der Waals surface area contributed by atoms with Crippen molar-refractivity contribution in [2.45, 2.75) is 51.2 Å². The number of rotatable bonds is 7. The molecule has 38 heavy (non-hydrogen) atoms. The van der Waals surface area contributed by atoms with Crippen molar-refractivity contribution in [2.24, 2.45) is 4.99 Å². The lowest BCUT2D eigenvalue weighted by Crippen LogP contribution is -2.41. The van der Waals surface area contributed by atoms with Crippen LogP contribution in [0.3, 0.4) is 0 Å². The normalized spacial score (nSPS) is 15.4. The minimum Gasteiger partial charge on any atom is -0.496 e. The van der Waals surface area contributed by atoms with E-state index in [9.17, 15) is 4.79 Å². The van der Waals surface area contributed by atoms with Gasteiger partial charge < -0.3 is 14.5 Å². The van der Waals surface area contributed by atoms with Crippen molar-refractivity contribution in [3.8, 4) is 16.9 Å². The fourth-order valence-corrected chi connectivity index (χ4v) is 5.51. The number of fused-ring (bicyclic) bond motifs is 1. The van der Waals surface area contributed by atoms with Crippen molar-refractivity contribution in [1.82, 2.24) is 15.3 Å². The minimum atomic E-state index is 0.0908. The maximum Gasteiger partial charge on any atom is 0.253 e. The van der Waals surface area contributed by atoms with E-state index < -0.39 is 0 Å². The number of carbonyl (C=O) groups excluding carboxylic acids is 1. The van der Waals surface area contributed by atoms with Gasteiger partial charge in [-0.3, -0.25) is 9.63 Å². The third-order valence-corrected chi connectivity index (χ3v) is 7.57. The van der Waals surface area contributed by atoms with E-state index in [0.717, 1.165) is 52.1 Å². The Morgan fingerprint density at radius 3 is 2.63 bits per heavy atom. The van der Waals surface area contributed by atoms with Crippen LogP contribution in [0.4, 0.5) is 5.69 Å². The van der Waals surface area contributed by atoms with Crippen LogP contribution >= 0.6 is 0 Å². The molecular formula is C31H36N4O3. The number of nitrogens with one attached hydrogen (secondary N) is 1. The van der Waals surface area contributed by atoms with E-state index in [4.69, 9.17) is 14.6 Å². The van der Waals surface area contributed by atoms with E-state index in [1.54, 1.807) is 14.2 Å². The Morgan fingerprint density at radius 2 is 1.84 bits per heavy atom. The third kappa shape index (κ3) is 5.53. The number of methoxy groups -OCH3 is 1. The number of amides is 1. The second-order valence-corrected chi connectivity index (χ2v) is 10.0. The molecule has 1 saturated carbocycles. The fraction of sp³-hybridized carbons (Fsp3) is 0.355. The molecule has 0 bridgehead atoms. The van der Waals surface area contributed by atoms with Gasteiger partial charge in [0.25, 0.3) is 5.91 Å². The fourth-order valence-electron chi connectivity index (χ4n) is 5.51. The maximum atomic E-state index is 13.3. The van der Waals surface area contributed by atoms with Gasteiger partial charge >= 0.3 is 0 Å². The van der Waals surface area contributed by atoms with Crippen LogP contribution in [-0.4, -0.2) is 49.0 Å². The number of aliphatic imine (C=N–C) groups is 1. The monoisotopic (exact) mass is 512 g/mol. The van der Waals surface area contributed by atoms with Crippen molar-refractivity contribution in [2.75, 3.05) is 21.3 Å². The molecule has 1 heterocycles. The molecule has 198 valence electrons. The molecule has 0 unspecified atom stereocenters. The van der Waals surface area contributed by atoms with Crippen LogP contribution in [0.25, 0.3) is 11.1 Å². The Hall–Kier alpha value is -3.84. The first-order valence-electron chi connectivity index (χ1n) is 13.3. The molecule has 5 rings (SSSR count). The van der Waals surface area contributed by atoms with Crippen molar-refractivity contribution in [3.05, 3.63) is 83.4 Å². The molecular weight excluding hydrogens is 476 g/mol. The lowest BCUT2D eigenvalue weighted by atomic mass is 9.94. The highest BCUT2D eigenvalue weighted by Gasteiger charge is 2.24. The van der Waals surface area contributed by atoms with Crippen molar-refractivity contribution >= 4 is 17.6 Å². The van der Waals surface area contributed by atoms with E-state index in [0.29, 0.717) is 25.1 Å². The molecule has 1 N–H and O–H groups in total. The highest BCUT2D eigenvalue weighted by Crippen LogP contribution is 2.35. The van der Waals surface area contributed by atoms with Crippen LogP contribution in [0.5, 0.6) is 5.75 Å². The van der Waals surface area contributed by atoms with Crippen LogP contribution in [0.15, 0.2) is 71.7 Å². The van der Waals surface area contributed by atoms with Gasteiger partial charge in [-0.05, 0) is 59.9 Å². The van der Waals surface area contributed by atoms with Gasteiger partial charge in [-0.25, -0.2) is 10.5 Å². The number of hydrogen-bond acceptors (Lipinski definition) is 6. The van der Waals surface area contributed by atoms with Crippen LogP contribution in [-0.2, 0) is 17.9 Å². The van der Waals surface area contributed by atoms with Gasteiger partial charge in [0.05, 0.1) is 19.9 Å². The molecule has 0 radical (unpaired) electrons. The number of hydrogen-bond donors (Lipinski definition) is 1. The largest absolute Gasteiger partial charge is 0.496 e. The molecule has 1 fully saturated rings.